The average molecular weight is 409 g/mol. The first kappa shape index (κ1) is 18.5. The number of halogens is 2. The fourth-order valence-corrected chi connectivity index (χ4v) is 4.05. The zero-order valence-corrected chi connectivity index (χ0v) is 16.0. The molecule has 1 atom stereocenters. The maximum absolute atomic E-state index is 14.0. The average Bonchev–Trinajstić information content (AvgIpc) is 3.21. The molecule has 30 heavy (non-hydrogen) atoms. The first-order valence-corrected chi connectivity index (χ1v) is 9.39. The molecule has 0 saturated carbocycles. The molecule has 0 saturated heterocycles. The molecular formula is C22H17F2N3O3. The number of aromatic nitrogens is 2. The third-order valence-corrected chi connectivity index (χ3v) is 5.60. The van der Waals surface area contributed by atoms with E-state index in [1.54, 1.807) is 19.3 Å². The van der Waals surface area contributed by atoms with Crippen LogP contribution in [0.15, 0.2) is 53.6 Å². The number of pyridine rings is 2. The summed E-state index contributed by atoms with van der Waals surface area (Å²) in [5, 5.41) is 0.315. The summed E-state index contributed by atoms with van der Waals surface area (Å²) in [5.74, 6) is -2.40. The van der Waals surface area contributed by atoms with Gasteiger partial charge in [0.25, 0.3) is 11.5 Å². The molecule has 0 radical (unpaired) electrons. The van der Waals surface area contributed by atoms with Gasteiger partial charge in [-0.2, -0.15) is 0 Å². The zero-order valence-electron chi connectivity index (χ0n) is 16.0. The van der Waals surface area contributed by atoms with Gasteiger partial charge < -0.3 is 19.0 Å². The van der Waals surface area contributed by atoms with Crippen molar-refractivity contribution in [1.29, 1.82) is 0 Å². The van der Waals surface area contributed by atoms with Crippen LogP contribution in [0.3, 0.4) is 0 Å². The smallest absolute Gasteiger partial charge is 0.256 e. The quantitative estimate of drug-likeness (QED) is 0.552. The number of carbonyl (C=O) groups excluding carboxylic acids is 1. The fraction of sp³-hybridized carbons (Fsp3) is 0.182. The number of nitrogens with one attached hydrogen (secondary N) is 1. The van der Waals surface area contributed by atoms with Crippen LogP contribution in [-0.2, 0) is 11.3 Å². The van der Waals surface area contributed by atoms with Crippen molar-refractivity contribution < 1.29 is 18.3 Å². The van der Waals surface area contributed by atoms with E-state index >= 15 is 0 Å². The Labute approximate surface area is 169 Å². The second-order valence-corrected chi connectivity index (χ2v) is 7.36. The van der Waals surface area contributed by atoms with Crippen molar-refractivity contribution >= 4 is 22.2 Å². The van der Waals surface area contributed by atoms with Crippen molar-refractivity contribution in [3.05, 3.63) is 87.6 Å². The second kappa shape index (κ2) is 6.77. The molecule has 0 bridgehead atoms. The molecular weight excluding hydrogens is 392 g/mol. The molecule has 6 nitrogen and oxygen atoms in total. The standard InChI is InChI=1S/C22H17F2N3O3/c1-26(22(29)12-4-5-13-3-2-6-27(13)9-12)19-11-30-10-18-20(19)14-7-16(23)17(24)8-15(14)21(28)25-18/h2-9,19H,10-11H2,1H3,(H,25,28)/t19-/m1/s1. The predicted molar refractivity (Wildman–Crippen MR) is 106 cm³/mol. The number of rotatable bonds is 2. The Morgan fingerprint density at radius 1 is 1.20 bits per heavy atom. The van der Waals surface area contributed by atoms with Crippen LogP contribution in [0.2, 0.25) is 0 Å². The van der Waals surface area contributed by atoms with Crippen LogP contribution in [0.5, 0.6) is 0 Å². The highest BCUT2D eigenvalue weighted by Crippen LogP contribution is 2.34. The van der Waals surface area contributed by atoms with Crippen LogP contribution < -0.4 is 5.56 Å². The molecule has 3 aromatic heterocycles. The second-order valence-electron chi connectivity index (χ2n) is 7.36. The summed E-state index contributed by atoms with van der Waals surface area (Å²) < 4.78 is 35.2. The summed E-state index contributed by atoms with van der Waals surface area (Å²) in [7, 11) is 1.63. The molecule has 5 rings (SSSR count). The number of fused-ring (bicyclic) bond motifs is 4. The van der Waals surface area contributed by atoms with Crippen molar-refractivity contribution in [2.75, 3.05) is 13.7 Å². The van der Waals surface area contributed by atoms with Gasteiger partial charge in [0.05, 0.1) is 30.2 Å². The maximum atomic E-state index is 14.0. The summed E-state index contributed by atoms with van der Waals surface area (Å²) in [5.41, 5.74) is 1.92. The van der Waals surface area contributed by atoms with Gasteiger partial charge in [-0.3, -0.25) is 9.59 Å². The first-order chi connectivity index (χ1) is 14.4. The van der Waals surface area contributed by atoms with E-state index in [1.165, 1.54) is 4.90 Å². The topological polar surface area (TPSA) is 66.8 Å². The molecule has 8 heteroatoms. The van der Waals surface area contributed by atoms with Crippen LogP contribution in [-0.4, -0.2) is 33.8 Å². The molecule has 4 aromatic rings. The minimum Gasteiger partial charge on any atom is -0.373 e. The summed E-state index contributed by atoms with van der Waals surface area (Å²) in [6.07, 6.45) is 3.58. The third-order valence-electron chi connectivity index (χ3n) is 5.60. The Kier molecular flexibility index (Phi) is 4.18. The monoisotopic (exact) mass is 409 g/mol. The van der Waals surface area contributed by atoms with E-state index in [0.717, 1.165) is 17.6 Å². The van der Waals surface area contributed by atoms with Gasteiger partial charge in [-0.05, 0) is 41.8 Å². The number of carbonyl (C=O) groups is 1. The van der Waals surface area contributed by atoms with E-state index < -0.39 is 23.2 Å². The molecule has 1 amide bonds. The summed E-state index contributed by atoms with van der Waals surface area (Å²) in [4.78, 5) is 29.7. The molecule has 0 spiro atoms. The lowest BCUT2D eigenvalue weighted by atomic mass is 9.95. The molecule has 1 aromatic carbocycles. The number of hydrogen-bond donors (Lipinski definition) is 1. The number of ether oxygens (including phenoxy) is 1. The molecule has 1 aliphatic rings. The molecule has 1 N–H and O–H groups in total. The van der Waals surface area contributed by atoms with E-state index in [0.29, 0.717) is 16.8 Å². The lowest BCUT2D eigenvalue weighted by molar-refractivity contribution is 0.0335. The number of benzene rings is 1. The van der Waals surface area contributed by atoms with Crippen molar-refractivity contribution in [1.82, 2.24) is 14.3 Å². The Hall–Kier alpha value is -3.52. The van der Waals surface area contributed by atoms with Gasteiger partial charge in [0.2, 0.25) is 0 Å². The zero-order chi connectivity index (χ0) is 21.0. The first-order valence-electron chi connectivity index (χ1n) is 9.39. The lowest BCUT2D eigenvalue weighted by Gasteiger charge is -2.34. The van der Waals surface area contributed by atoms with Gasteiger partial charge in [-0.1, -0.05) is 0 Å². The van der Waals surface area contributed by atoms with Crippen LogP contribution >= 0.6 is 0 Å². The van der Waals surface area contributed by atoms with Crippen LogP contribution in [0.25, 0.3) is 16.3 Å². The highest BCUT2D eigenvalue weighted by Gasteiger charge is 2.31. The Morgan fingerprint density at radius 3 is 2.77 bits per heavy atom. The highest BCUT2D eigenvalue weighted by atomic mass is 19.2. The number of nitrogens with zero attached hydrogens (tertiary/aromatic N) is 2. The van der Waals surface area contributed by atoms with Gasteiger partial charge in [0.1, 0.15) is 0 Å². The molecule has 0 aliphatic carbocycles. The lowest BCUT2D eigenvalue weighted by Crippen LogP contribution is -2.37. The van der Waals surface area contributed by atoms with Gasteiger partial charge in [0.15, 0.2) is 11.6 Å². The van der Waals surface area contributed by atoms with E-state index in [4.69, 9.17) is 4.74 Å². The van der Waals surface area contributed by atoms with Crippen molar-refractivity contribution in [3.63, 3.8) is 0 Å². The Morgan fingerprint density at radius 2 is 1.97 bits per heavy atom. The number of aromatic amines is 1. The number of H-pyrrole nitrogens is 1. The number of likely N-dealkylation sites (N-methyl/N-ethyl adjacent to an activating group) is 1. The van der Waals surface area contributed by atoms with Crippen LogP contribution in [0.1, 0.15) is 27.7 Å². The van der Waals surface area contributed by atoms with Gasteiger partial charge in [-0.15, -0.1) is 0 Å². The largest absolute Gasteiger partial charge is 0.373 e. The van der Waals surface area contributed by atoms with Gasteiger partial charge in [-0.25, -0.2) is 8.78 Å². The van der Waals surface area contributed by atoms with Crippen LogP contribution in [0.4, 0.5) is 8.78 Å². The summed E-state index contributed by atoms with van der Waals surface area (Å²) in [6, 6.07) is 8.72. The summed E-state index contributed by atoms with van der Waals surface area (Å²) in [6.45, 7) is 0.286. The van der Waals surface area contributed by atoms with E-state index in [1.807, 2.05) is 28.8 Å². The minimum atomic E-state index is -1.10. The Balaban J connectivity index is 1.62. The van der Waals surface area contributed by atoms with E-state index in [-0.39, 0.29) is 29.9 Å². The normalized spacial score (nSPS) is 16.0. The van der Waals surface area contributed by atoms with Gasteiger partial charge >= 0.3 is 0 Å². The Bertz CT molecular complexity index is 1380. The molecule has 152 valence electrons. The molecule has 0 unspecified atom stereocenters. The van der Waals surface area contributed by atoms with Crippen molar-refractivity contribution in [3.8, 4) is 0 Å². The third kappa shape index (κ3) is 2.80. The SMILES string of the molecule is CN(C(=O)c1ccc2cccn2c1)[C@@H]1COCc2[nH]c(=O)c3cc(F)c(F)cc3c21. The molecule has 1 aliphatic heterocycles. The number of hydrogen-bond acceptors (Lipinski definition) is 3. The minimum absolute atomic E-state index is 0.0363. The van der Waals surface area contributed by atoms with E-state index in [9.17, 15) is 18.4 Å². The van der Waals surface area contributed by atoms with Crippen molar-refractivity contribution in [2.24, 2.45) is 0 Å². The number of amides is 1. The van der Waals surface area contributed by atoms with Crippen molar-refractivity contribution in [2.45, 2.75) is 12.6 Å². The highest BCUT2D eigenvalue weighted by molar-refractivity contribution is 5.95. The molecule has 4 heterocycles. The van der Waals surface area contributed by atoms with E-state index in [2.05, 4.69) is 4.98 Å². The van der Waals surface area contributed by atoms with Crippen LogP contribution in [0, 0.1) is 11.6 Å². The summed E-state index contributed by atoms with van der Waals surface area (Å²) >= 11 is 0. The predicted octanol–water partition coefficient (Wildman–Crippen LogP) is 3.40. The fourth-order valence-electron chi connectivity index (χ4n) is 4.05. The van der Waals surface area contributed by atoms with Gasteiger partial charge in [0, 0.05) is 36.2 Å². The molecule has 0 fully saturated rings. The maximum Gasteiger partial charge on any atom is 0.256 e.